The van der Waals surface area contributed by atoms with Gasteiger partial charge in [0.1, 0.15) is 0 Å². The number of nitrogens with zero attached hydrogens (tertiary/aromatic N) is 4. The summed E-state index contributed by atoms with van der Waals surface area (Å²) in [6.45, 7) is 18.9. The summed E-state index contributed by atoms with van der Waals surface area (Å²) >= 11 is 0. The van der Waals surface area contributed by atoms with E-state index in [2.05, 4.69) is 32.0 Å². The number of Topliss-reactive ketones (excluding diaryl/α,β-unsaturated/α-hetero) is 1. The molecular formula is C58H80LiN7O15. The number of carbonyl (C=O) groups excluding carboxylic acids is 9. The molecule has 0 radical (unpaired) electrons. The van der Waals surface area contributed by atoms with Crippen LogP contribution in [0.15, 0.2) is 110 Å². The van der Waals surface area contributed by atoms with Crippen LogP contribution in [0.2, 0.25) is 0 Å². The van der Waals surface area contributed by atoms with E-state index >= 15 is 0 Å². The van der Waals surface area contributed by atoms with Gasteiger partial charge in [0.25, 0.3) is 29.4 Å². The number of nitrogens with one attached hydrogen (secondary N) is 3. The maximum atomic E-state index is 12.6. The standard InChI is InChI=1S/C14H17N3O4.C12H14N2O3.C12H13NO4.C9H7NO2.C3H6O2.4C2H6.Li/c1-15-11(18)8-14(21-13(20)16-2)9-6-4-5-7-10(9)17(3)12(14)19;1-13-10(15)7-12(17)8-5-3-4-6-9(8)14(2)11(12)16;1-13-9-6-4-3-5-8(9)12(16,11(13)15)7-10(14)17-2;1-10-7-5-3-2-4-6(7)8(11)9(10)12;1-3(4)5-2;4*1-2;/h4-7H,8H2,1-3H3,(H,15,18)(H,16,20);3-6,17H,7H2,1-2H3,(H,13,15);3-6,16H,7H2,1-2H3;2-5H,1H3;4H,1H2,2H3;4*1-2H3;/q;;;;;;;;;+1/p-1. The second-order valence-electron chi connectivity index (χ2n) is 16.1. The molecule has 0 saturated heterocycles. The first kappa shape index (κ1) is 75.0. The molecule has 81 heavy (non-hydrogen) atoms. The summed E-state index contributed by atoms with van der Waals surface area (Å²) in [4.78, 5) is 111. The number of anilines is 4. The minimum absolute atomic E-state index is 0. The van der Waals surface area contributed by atoms with Gasteiger partial charge >= 0.3 is 30.9 Å². The van der Waals surface area contributed by atoms with E-state index in [1.54, 1.807) is 125 Å². The molecule has 5 N–H and O–H groups in total. The number of ketones is 1. The zero-order valence-corrected chi connectivity index (χ0v) is 50.1. The number of ether oxygens (including phenoxy) is 3. The molecule has 4 aromatic carbocycles. The third-order valence-electron chi connectivity index (χ3n) is 11.8. The number of rotatable bonds is 8. The second-order valence-corrected chi connectivity index (χ2v) is 16.1. The van der Waals surface area contributed by atoms with Gasteiger partial charge in [0.05, 0.1) is 54.7 Å². The van der Waals surface area contributed by atoms with Gasteiger partial charge in [-0.05, 0) is 37.4 Å². The largest absolute Gasteiger partial charge is 1.00 e. The summed E-state index contributed by atoms with van der Waals surface area (Å²) in [6, 6.07) is 27.7. The fraction of sp³-hybridized carbons (Fsp3) is 0.397. The molecule has 0 saturated carbocycles. The molecule has 0 spiro atoms. The van der Waals surface area contributed by atoms with Gasteiger partial charge in [-0.3, -0.25) is 38.4 Å². The average molecular weight is 1120 g/mol. The van der Waals surface area contributed by atoms with Crippen LogP contribution in [-0.4, -0.2) is 127 Å². The SMILES string of the molecule is C=C([O-])OC.CC.CC.CC.CC.CN1C(=O)C(=O)c2ccccc21.CNC(=O)CC1(O)C(=O)N(C)c2ccccc21.CNC(=O)CC1(OC(=O)NC)C(=O)N(C)c2ccccc21.COC(=O)CC1(O)C(=O)N(C)c2ccccc21.[Li+]. The molecule has 0 bridgehead atoms. The fourth-order valence-corrected chi connectivity index (χ4v) is 7.95. The minimum Gasteiger partial charge on any atom is -0.617 e. The molecule has 23 heteroatoms. The van der Waals surface area contributed by atoms with Crippen molar-refractivity contribution in [3.8, 4) is 0 Å². The van der Waals surface area contributed by atoms with E-state index in [4.69, 9.17) is 4.74 Å². The molecule has 438 valence electrons. The van der Waals surface area contributed by atoms with Crippen LogP contribution in [0.4, 0.5) is 27.5 Å². The van der Waals surface area contributed by atoms with Crippen LogP contribution in [0.25, 0.3) is 0 Å². The average Bonchev–Trinajstić information content (AvgIpc) is 4.01. The number of methoxy groups -OCH3 is 2. The summed E-state index contributed by atoms with van der Waals surface area (Å²) in [5, 5.41) is 37.5. The molecule has 7 amide bonds. The number of likely N-dealkylation sites (N-methyl/N-ethyl adjacent to an activating group) is 4. The molecule has 3 unspecified atom stereocenters. The van der Waals surface area contributed by atoms with Crippen molar-refractivity contribution < 1.29 is 91.5 Å². The number of amides is 7. The zero-order valence-electron chi connectivity index (χ0n) is 50.1. The number of fused-ring (bicyclic) bond motifs is 4. The van der Waals surface area contributed by atoms with Crippen LogP contribution < -0.4 is 59.5 Å². The molecule has 22 nitrogen and oxygen atoms in total. The predicted octanol–water partition coefficient (Wildman–Crippen LogP) is 2.17. The number of carbonyl (C=O) groups is 9. The normalized spacial score (nSPS) is 17.6. The maximum Gasteiger partial charge on any atom is 1.00 e. The Balaban J connectivity index is 0. The predicted molar refractivity (Wildman–Crippen MR) is 304 cm³/mol. The van der Waals surface area contributed by atoms with Crippen LogP contribution in [-0.2, 0) is 64.6 Å². The van der Waals surface area contributed by atoms with Gasteiger partial charge in [-0.15, -0.1) is 0 Å². The number of esters is 1. The third-order valence-corrected chi connectivity index (χ3v) is 11.8. The van der Waals surface area contributed by atoms with Gasteiger partial charge in [-0.1, -0.05) is 129 Å². The first-order valence-electron chi connectivity index (χ1n) is 25.7. The molecule has 4 aliphatic rings. The van der Waals surface area contributed by atoms with Crippen LogP contribution in [0.3, 0.4) is 0 Å². The molecule has 0 fully saturated rings. The van der Waals surface area contributed by atoms with Gasteiger partial charge in [0.15, 0.2) is 11.2 Å². The first-order chi connectivity index (χ1) is 37.9. The van der Waals surface area contributed by atoms with Crippen molar-refractivity contribution in [3.63, 3.8) is 0 Å². The Morgan fingerprint density at radius 3 is 1.25 bits per heavy atom. The Bertz CT molecular complexity index is 2690. The summed E-state index contributed by atoms with van der Waals surface area (Å²) in [5.74, 6) is -4.16. The van der Waals surface area contributed by atoms with Crippen LogP contribution >= 0.6 is 0 Å². The minimum atomic E-state index is -1.81. The third kappa shape index (κ3) is 17.5. The summed E-state index contributed by atoms with van der Waals surface area (Å²) in [5.41, 5.74) is -0.672. The molecule has 4 aromatic rings. The van der Waals surface area contributed by atoms with Crippen LogP contribution in [0, 0.1) is 0 Å². The number of hydrogen-bond donors (Lipinski definition) is 5. The Morgan fingerprint density at radius 2 is 0.864 bits per heavy atom. The molecule has 0 aliphatic carbocycles. The van der Waals surface area contributed by atoms with Gasteiger partial charge < -0.3 is 65.1 Å². The number of para-hydroxylation sites is 4. The number of benzene rings is 4. The van der Waals surface area contributed by atoms with E-state index in [1.165, 1.54) is 55.0 Å². The summed E-state index contributed by atoms with van der Waals surface area (Å²) in [7, 11) is 13.2. The number of hydrogen-bond acceptors (Lipinski definition) is 15. The van der Waals surface area contributed by atoms with E-state index in [0.717, 1.165) is 0 Å². The van der Waals surface area contributed by atoms with Gasteiger partial charge in [-0.25, -0.2) is 4.79 Å². The monoisotopic (exact) mass is 1120 g/mol. The van der Waals surface area contributed by atoms with E-state index in [9.17, 15) is 58.5 Å². The first-order valence-corrected chi connectivity index (χ1v) is 25.7. The van der Waals surface area contributed by atoms with Crippen molar-refractivity contribution in [3.05, 3.63) is 132 Å². The Labute approximate surface area is 488 Å². The van der Waals surface area contributed by atoms with Crippen molar-refractivity contribution >= 4 is 76.0 Å². The Kier molecular flexibility index (Phi) is 32.9. The topological polar surface area (TPSA) is 294 Å². The second kappa shape index (κ2) is 35.6. The van der Waals surface area contributed by atoms with Crippen LogP contribution in [0.5, 0.6) is 0 Å². The van der Waals surface area contributed by atoms with E-state index < -0.39 is 70.1 Å². The smallest absolute Gasteiger partial charge is 0.617 e. The number of alkyl carbamates (subject to hydrolysis) is 1. The van der Waals surface area contributed by atoms with Crippen molar-refractivity contribution in [1.82, 2.24) is 16.0 Å². The van der Waals surface area contributed by atoms with Gasteiger partial charge in [0, 0.05) is 72.0 Å². The van der Waals surface area contributed by atoms with E-state index in [-0.39, 0.29) is 44.0 Å². The molecule has 0 aromatic heterocycles. The Hall–Kier alpha value is -8.03. The quantitative estimate of drug-likeness (QED) is 0.0732. The summed E-state index contributed by atoms with van der Waals surface area (Å²) in [6.07, 6.45) is -1.66. The van der Waals surface area contributed by atoms with Crippen molar-refractivity contribution in [2.24, 2.45) is 0 Å². The molecule has 3 atom stereocenters. The molecule has 4 aliphatic heterocycles. The maximum absolute atomic E-state index is 12.6. The van der Waals surface area contributed by atoms with E-state index in [0.29, 0.717) is 45.0 Å². The molecular weight excluding hydrogens is 1040 g/mol. The fourth-order valence-electron chi connectivity index (χ4n) is 7.95. The summed E-state index contributed by atoms with van der Waals surface area (Å²) < 4.78 is 13.8. The zero-order chi connectivity index (χ0) is 61.9. The van der Waals surface area contributed by atoms with Gasteiger partial charge in [0.2, 0.25) is 17.4 Å². The van der Waals surface area contributed by atoms with Crippen LogP contribution in [0.1, 0.15) is 102 Å². The molecule has 8 rings (SSSR count). The van der Waals surface area contributed by atoms with Gasteiger partial charge in [-0.2, -0.15) is 0 Å². The van der Waals surface area contributed by atoms with Crippen molar-refractivity contribution in [1.29, 1.82) is 0 Å². The number of aliphatic hydroxyl groups is 2. The van der Waals surface area contributed by atoms with Crippen molar-refractivity contribution in [2.45, 2.75) is 91.5 Å². The van der Waals surface area contributed by atoms with Crippen molar-refractivity contribution in [2.75, 3.05) is 83.2 Å². The Morgan fingerprint density at radius 1 is 0.519 bits per heavy atom. The van der Waals surface area contributed by atoms with E-state index in [1.807, 2.05) is 55.4 Å². The molecule has 4 heterocycles.